The SMILES string of the molecule is CC1(C)COC(Cc2ccccc2)CN1C(=O)C1=NNC(=O)CC1. The van der Waals surface area contributed by atoms with Gasteiger partial charge < -0.3 is 9.64 Å². The summed E-state index contributed by atoms with van der Waals surface area (Å²) in [4.78, 5) is 25.9. The Balaban J connectivity index is 1.72. The number of hydrogen-bond donors (Lipinski definition) is 1. The van der Waals surface area contributed by atoms with Crippen molar-refractivity contribution in [2.75, 3.05) is 13.2 Å². The highest BCUT2D eigenvalue weighted by Crippen LogP contribution is 2.25. The lowest BCUT2D eigenvalue weighted by molar-refractivity contribution is -0.147. The Bertz CT molecular complexity index is 655. The molecule has 6 nitrogen and oxygen atoms in total. The summed E-state index contributed by atoms with van der Waals surface area (Å²) < 4.78 is 5.98. The Morgan fingerprint density at radius 3 is 2.75 bits per heavy atom. The molecule has 0 spiro atoms. The third-order valence-electron chi connectivity index (χ3n) is 4.49. The van der Waals surface area contributed by atoms with Gasteiger partial charge in [-0.3, -0.25) is 9.59 Å². The van der Waals surface area contributed by atoms with Gasteiger partial charge in [0.1, 0.15) is 5.71 Å². The van der Waals surface area contributed by atoms with E-state index in [9.17, 15) is 9.59 Å². The Morgan fingerprint density at radius 2 is 2.08 bits per heavy atom. The molecule has 2 aliphatic heterocycles. The van der Waals surface area contributed by atoms with Crippen LogP contribution in [0.5, 0.6) is 0 Å². The summed E-state index contributed by atoms with van der Waals surface area (Å²) in [6, 6.07) is 10.1. The molecule has 0 bridgehead atoms. The van der Waals surface area contributed by atoms with E-state index in [-0.39, 0.29) is 17.9 Å². The van der Waals surface area contributed by atoms with E-state index in [1.807, 2.05) is 36.9 Å². The van der Waals surface area contributed by atoms with E-state index in [0.717, 1.165) is 6.42 Å². The first-order valence-corrected chi connectivity index (χ1v) is 8.28. The van der Waals surface area contributed by atoms with Crippen molar-refractivity contribution in [1.82, 2.24) is 10.3 Å². The van der Waals surface area contributed by atoms with Gasteiger partial charge in [0.05, 0.1) is 18.2 Å². The highest BCUT2D eigenvalue weighted by atomic mass is 16.5. The smallest absolute Gasteiger partial charge is 0.270 e. The van der Waals surface area contributed by atoms with Gasteiger partial charge in [-0.2, -0.15) is 5.10 Å². The van der Waals surface area contributed by atoms with Crippen molar-refractivity contribution in [2.24, 2.45) is 5.10 Å². The molecule has 1 aromatic carbocycles. The average molecular weight is 329 g/mol. The molecule has 0 radical (unpaired) electrons. The van der Waals surface area contributed by atoms with Gasteiger partial charge in [0.15, 0.2) is 0 Å². The molecule has 128 valence electrons. The van der Waals surface area contributed by atoms with Crippen LogP contribution in [0.15, 0.2) is 35.4 Å². The predicted molar refractivity (Wildman–Crippen MR) is 90.5 cm³/mol. The van der Waals surface area contributed by atoms with Crippen molar-refractivity contribution in [3.05, 3.63) is 35.9 Å². The number of hydrazone groups is 1. The topological polar surface area (TPSA) is 71.0 Å². The standard InChI is InChI=1S/C18H23N3O3/c1-18(2)12-24-14(10-13-6-4-3-5-7-13)11-21(18)17(23)15-8-9-16(22)20-19-15/h3-7,14H,8-12H2,1-2H3,(H,20,22). The molecule has 24 heavy (non-hydrogen) atoms. The predicted octanol–water partition coefficient (Wildman–Crippen LogP) is 1.50. The van der Waals surface area contributed by atoms with Gasteiger partial charge in [-0.1, -0.05) is 30.3 Å². The van der Waals surface area contributed by atoms with Gasteiger partial charge in [0.2, 0.25) is 5.91 Å². The Morgan fingerprint density at radius 1 is 1.33 bits per heavy atom. The first kappa shape index (κ1) is 16.6. The van der Waals surface area contributed by atoms with Crippen LogP contribution in [0.1, 0.15) is 32.3 Å². The number of nitrogens with one attached hydrogen (secondary N) is 1. The molecule has 0 aromatic heterocycles. The first-order chi connectivity index (χ1) is 11.5. The minimum atomic E-state index is -0.395. The van der Waals surface area contributed by atoms with E-state index in [1.165, 1.54) is 5.56 Å². The van der Waals surface area contributed by atoms with Crippen LogP contribution in [0.3, 0.4) is 0 Å². The number of hydrogen-bond acceptors (Lipinski definition) is 4. The van der Waals surface area contributed by atoms with Gasteiger partial charge in [-0.25, -0.2) is 5.43 Å². The highest BCUT2D eigenvalue weighted by Gasteiger charge is 2.40. The second kappa shape index (κ2) is 6.73. The largest absolute Gasteiger partial charge is 0.374 e. The molecule has 1 saturated heterocycles. The van der Waals surface area contributed by atoms with Gasteiger partial charge in [0, 0.05) is 25.8 Å². The van der Waals surface area contributed by atoms with E-state index in [0.29, 0.717) is 31.7 Å². The van der Waals surface area contributed by atoms with Gasteiger partial charge in [-0.05, 0) is 19.4 Å². The van der Waals surface area contributed by atoms with Crippen molar-refractivity contribution in [3.63, 3.8) is 0 Å². The van der Waals surface area contributed by atoms with Crippen LogP contribution >= 0.6 is 0 Å². The van der Waals surface area contributed by atoms with Gasteiger partial charge in [-0.15, -0.1) is 0 Å². The fraction of sp³-hybridized carbons (Fsp3) is 0.500. The van der Waals surface area contributed by atoms with Crippen LogP contribution in [0.4, 0.5) is 0 Å². The van der Waals surface area contributed by atoms with Crippen LogP contribution in [0.2, 0.25) is 0 Å². The van der Waals surface area contributed by atoms with Crippen molar-refractivity contribution >= 4 is 17.5 Å². The molecular formula is C18H23N3O3. The monoisotopic (exact) mass is 329 g/mol. The van der Waals surface area contributed by atoms with Crippen LogP contribution in [-0.2, 0) is 20.7 Å². The lowest BCUT2D eigenvalue weighted by Crippen LogP contribution is -2.60. The summed E-state index contributed by atoms with van der Waals surface area (Å²) in [5, 5.41) is 3.95. The summed E-state index contributed by atoms with van der Waals surface area (Å²) in [6.07, 6.45) is 1.43. The minimum absolute atomic E-state index is 0.0387. The molecule has 2 amide bonds. The fourth-order valence-corrected chi connectivity index (χ4v) is 3.05. The molecule has 3 rings (SSSR count). The zero-order chi connectivity index (χ0) is 17.2. The molecule has 6 heteroatoms. The normalized spacial score (nSPS) is 23.4. The summed E-state index contributed by atoms with van der Waals surface area (Å²) in [5.74, 6) is -0.254. The molecule has 1 fully saturated rings. The maximum atomic E-state index is 12.9. The molecule has 0 aliphatic carbocycles. The number of carbonyl (C=O) groups excluding carboxylic acids is 2. The van der Waals surface area contributed by atoms with Crippen LogP contribution in [-0.4, -0.2) is 47.2 Å². The molecule has 0 saturated carbocycles. The Kier molecular flexibility index (Phi) is 4.66. The summed E-state index contributed by atoms with van der Waals surface area (Å²) in [5.41, 5.74) is 3.62. The van der Waals surface area contributed by atoms with Crippen molar-refractivity contribution < 1.29 is 14.3 Å². The van der Waals surface area contributed by atoms with E-state index in [4.69, 9.17) is 4.74 Å². The maximum absolute atomic E-state index is 12.9. The van der Waals surface area contributed by atoms with Crippen LogP contribution in [0.25, 0.3) is 0 Å². The number of carbonyl (C=O) groups is 2. The summed E-state index contributed by atoms with van der Waals surface area (Å²) in [6.45, 7) is 4.99. The molecule has 1 atom stereocenters. The number of amides is 2. The number of rotatable bonds is 3. The fourth-order valence-electron chi connectivity index (χ4n) is 3.05. The zero-order valence-corrected chi connectivity index (χ0v) is 14.1. The van der Waals surface area contributed by atoms with Crippen LogP contribution < -0.4 is 5.43 Å². The maximum Gasteiger partial charge on any atom is 0.270 e. The van der Waals surface area contributed by atoms with Crippen molar-refractivity contribution in [1.29, 1.82) is 0 Å². The van der Waals surface area contributed by atoms with E-state index in [1.54, 1.807) is 0 Å². The van der Waals surface area contributed by atoms with Crippen molar-refractivity contribution in [2.45, 2.75) is 44.8 Å². The van der Waals surface area contributed by atoms with Crippen molar-refractivity contribution in [3.8, 4) is 0 Å². The number of ether oxygens (including phenoxy) is 1. The van der Waals surface area contributed by atoms with Crippen LogP contribution in [0, 0.1) is 0 Å². The highest BCUT2D eigenvalue weighted by molar-refractivity contribution is 6.39. The third kappa shape index (κ3) is 3.64. The zero-order valence-electron chi connectivity index (χ0n) is 14.1. The molecule has 2 aliphatic rings. The third-order valence-corrected chi connectivity index (χ3v) is 4.49. The summed E-state index contributed by atoms with van der Waals surface area (Å²) >= 11 is 0. The van der Waals surface area contributed by atoms with Gasteiger partial charge in [0.25, 0.3) is 5.91 Å². The van der Waals surface area contributed by atoms with E-state index < -0.39 is 5.54 Å². The lowest BCUT2D eigenvalue weighted by atomic mass is 9.96. The molecule has 1 aromatic rings. The molecular weight excluding hydrogens is 306 g/mol. The molecule has 2 heterocycles. The second-order valence-electron chi connectivity index (χ2n) is 6.94. The average Bonchev–Trinajstić information content (AvgIpc) is 2.57. The lowest BCUT2D eigenvalue weighted by Gasteiger charge is -2.45. The Hall–Kier alpha value is -2.21. The Labute approximate surface area is 141 Å². The van der Waals surface area contributed by atoms with E-state index in [2.05, 4.69) is 22.7 Å². The van der Waals surface area contributed by atoms with Gasteiger partial charge >= 0.3 is 0 Å². The summed E-state index contributed by atoms with van der Waals surface area (Å²) in [7, 11) is 0. The number of benzene rings is 1. The number of nitrogens with zero attached hydrogens (tertiary/aromatic N) is 2. The quantitative estimate of drug-likeness (QED) is 0.913. The minimum Gasteiger partial charge on any atom is -0.374 e. The molecule has 1 N–H and O–H groups in total. The first-order valence-electron chi connectivity index (χ1n) is 8.28. The second-order valence-corrected chi connectivity index (χ2v) is 6.94. The van der Waals surface area contributed by atoms with E-state index >= 15 is 0 Å². The molecule has 1 unspecified atom stereocenters. The number of morpholine rings is 1.